The molecule has 1 saturated heterocycles. The molecular formula is C15H22ClFN2. The smallest absolute Gasteiger partial charge is 0.128 e. The minimum atomic E-state index is -0.217. The summed E-state index contributed by atoms with van der Waals surface area (Å²) in [5.41, 5.74) is 6.52. The second-order valence-corrected chi connectivity index (χ2v) is 6.07. The zero-order valence-electron chi connectivity index (χ0n) is 11.6. The summed E-state index contributed by atoms with van der Waals surface area (Å²) in [6.07, 6.45) is 2.28. The van der Waals surface area contributed by atoms with Gasteiger partial charge in [-0.1, -0.05) is 18.5 Å². The molecule has 0 aliphatic carbocycles. The van der Waals surface area contributed by atoms with Crippen molar-refractivity contribution in [3.8, 4) is 0 Å². The van der Waals surface area contributed by atoms with E-state index in [1.807, 2.05) is 0 Å². The summed E-state index contributed by atoms with van der Waals surface area (Å²) in [5.74, 6) is 0.513. The Balaban J connectivity index is 2.26. The molecule has 1 aliphatic heterocycles. The molecule has 1 fully saturated rings. The van der Waals surface area contributed by atoms with Crippen LogP contribution in [-0.2, 0) is 0 Å². The van der Waals surface area contributed by atoms with Crippen LogP contribution in [0.15, 0.2) is 18.2 Å². The largest absolute Gasteiger partial charge is 0.329 e. The van der Waals surface area contributed by atoms with Crippen molar-refractivity contribution in [2.24, 2.45) is 11.7 Å². The molecule has 0 aromatic heterocycles. The first-order valence-corrected chi connectivity index (χ1v) is 7.31. The first-order chi connectivity index (χ1) is 9.02. The third-order valence-electron chi connectivity index (χ3n) is 4.13. The lowest BCUT2D eigenvalue weighted by atomic mass is 9.90. The number of nitrogens with two attached hydrogens (primary N) is 1. The molecule has 3 unspecified atom stereocenters. The monoisotopic (exact) mass is 284 g/mol. The van der Waals surface area contributed by atoms with E-state index in [1.54, 1.807) is 12.1 Å². The van der Waals surface area contributed by atoms with Gasteiger partial charge in [-0.15, -0.1) is 0 Å². The number of piperidine rings is 1. The van der Waals surface area contributed by atoms with Crippen molar-refractivity contribution >= 4 is 11.6 Å². The van der Waals surface area contributed by atoms with E-state index in [2.05, 4.69) is 18.7 Å². The number of hydrogen-bond donors (Lipinski definition) is 1. The summed E-state index contributed by atoms with van der Waals surface area (Å²) >= 11 is 5.99. The van der Waals surface area contributed by atoms with E-state index < -0.39 is 0 Å². The van der Waals surface area contributed by atoms with Gasteiger partial charge in [0.1, 0.15) is 5.82 Å². The zero-order chi connectivity index (χ0) is 14.0. The van der Waals surface area contributed by atoms with Crippen LogP contribution in [0.1, 0.15) is 38.3 Å². The Morgan fingerprint density at radius 3 is 2.84 bits per heavy atom. The molecular weight excluding hydrogens is 263 g/mol. The van der Waals surface area contributed by atoms with Gasteiger partial charge in [0.05, 0.1) is 6.04 Å². The summed E-state index contributed by atoms with van der Waals surface area (Å²) in [7, 11) is 0. The van der Waals surface area contributed by atoms with Gasteiger partial charge in [-0.3, -0.25) is 4.90 Å². The Morgan fingerprint density at radius 1 is 1.47 bits per heavy atom. The van der Waals surface area contributed by atoms with E-state index in [9.17, 15) is 4.39 Å². The molecule has 0 saturated carbocycles. The zero-order valence-corrected chi connectivity index (χ0v) is 12.3. The highest BCUT2D eigenvalue weighted by atomic mass is 35.5. The number of nitrogens with zero attached hydrogens (tertiary/aromatic N) is 1. The molecule has 4 heteroatoms. The average Bonchev–Trinajstić information content (AvgIpc) is 2.36. The SMILES string of the molecule is CC1CCN(C(CN)c2cc(Cl)ccc2F)C(C)C1. The summed E-state index contributed by atoms with van der Waals surface area (Å²) < 4.78 is 14.0. The van der Waals surface area contributed by atoms with Gasteiger partial charge in [0.25, 0.3) is 0 Å². The number of likely N-dealkylation sites (tertiary alicyclic amines) is 1. The molecule has 106 valence electrons. The second kappa shape index (κ2) is 6.21. The van der Waals surface area contributed by atoms with Crippen LogP contribution in [0.25, 0.3) is 0 Å². The van der Waals surface area contributed by atoms with Crippen LogP contribution < -0.4 is 5.73 Å². The van der Waals surface area contributed by atoms with Gasteiger partial charge in [-0.05, 0) is 50.4 Å². The lowest BCUT2D eigenvalue weighted by Crippen LogP contribution is -2.45. The molecule has 1 heterocycles. The summed E-state index contributed by atoms with van der Waals surface area (Å²) in [6, 6.07) is 5.06. The normalized spacial score (nSPS) is 26.4. The fourth-order valence-electron chi connectivity index (χ4n) is 3.10. The van der Waals surface area contributed by atoms with E-state index in [4.69, 9.17) is 17.3 Å². The Kier molecular flexibility index (Phi) is 4.82. The van der Waals surface area contributed by atoms with Crippen LogP contribution in [0.3, 0.4) is 0 Å². The number of rotatable bonds is 3. The van der Waals surface area contributed by atoms with Crippen molar-refractivity contribution < 1.29 is 4.39 Å². The van der Waals surface area contributed by atoms with Crippen LogP contribution in [0.5, 0.6) is 0 Å². The third kappa shape index (κ3) is 3.28. The van der Waals surface area contributed by atoms with Crippen LogP contribution in [0.2, 0.25) is 5.02 Å². The van der Waals surface area contributed by atoms with Crippen molar-refractivity contribution in [1.82, 2.24) is 4.90 Å². The highest BCUT2D eigenvalue weighted by Gasteiger charge is 2.30. The topological polar surface area (TPSA) is 29.3 Å². The van der Waals surface area contributed by atoms with Crippen LogP contribution >= 0.6 is 11.6 Å². The molecule has 19 heavy (non-hydrogen) atoms. The molecule has 0 bridgehead atoms. The molecule has 2 N–H and O–H groups in total. The minimum Gasteiger partial charge on any atom is -0.329 e. The van der Waals surface area contributed by atoms with E-state index in [0.29, 0.717) is 23.2 Å². The maximum atomic E-state index is 14.0. The Hall–Kier alpha value is -0.640. The summed E-state index contributed by atoms with van der Waals surface area (Å²) in [6.45, 7) is 5.85. The van der Waals surface area contributed by atoms with Crippen molar-refractivity contribution in [3.63, 3.8) is 0 Å². The van der Waals surface area contributed by atoms with E-state index in [0.717, 1.165) is 25.3 Å². The number of halogens is 2. The summed E-state index contributed by atoms with van der Waals surface area (Å²) in [5, 5.41) is 0.563. The Labute approximate surface area is 119 Å². The first kappa shape index (κ1) is 14.8. The Morgan fingerprint density at radius 2 is 2.21 bits per heavy atom. The van der Waals surface area contributed by atoms with Gasteiger partial charge < -0.3 is 5.73 Å². The van der Waals surface area contributed by atoms with Crippen LogP contribution in [-0.4, -0.2) is 24.0 Å². The molecule has 1 aromatic carbocycles. The predicted molar refractivity (Wildman–Crippen MR) is 77.8 cm³/mol. The molecule has 2 rings (SSSR count). The molecule has 1 aliphatic rings. The third-order valence-corrected chi connectivity index (χ3v) is 4.37. The standard InChI is InChI=1S/C15H22ClFN2/c1-10-5-6-19(11(2)7-10)15(9-18)13-8-12(16)3-4-14(13)17/h3-4,8,10-11,15H,5-7,9,18H2,1-2H3. The molecule has 0 amide bonds. The van der Waals surface area contributed by atoms with Crippen LogP contribution in [0, 0.1) is 11.7 Å². The maximum absolute atomic E-state index is 14.0. The number of benzene rings is 1. The van der Waals surface area contributed by atoms with Crippen molar-refractivity contribution in [1.29, 1.82) is 0 Å². The van der Waals surface area contributed by atoms with Crippen molar-refractivity contribution in [2.45, 2.75) is 38.8 Å². The van der Waals surface area contributed by atoms with Crippen molar-refractivity contribution in [2.75, 3.05) is 13.1 Å². The summed E-state index contributed by atoms with van der Waals surface area (Å²) in [4.78, 5) is 2.31. The van der Waals surface area contributed by atoms with E-state index in [1.165, 1.54) is 6.07 Å². The predicted octanol–water partition coefficient (Wildman–Crippen LogP) is 3.60. The lowest BCUT2D eigenvalue weighted by Gasteiger charge is -2.41. The van der Waals surface area contributed by atoms with E-state index in [-0.39, 0.29) is 11.9 Å². The van der Waals surface area contributed by atoms with Gasteiger partial charge in [0, 0.05) is 23.2 Å². The van der Waals surface area contributed by atoms with E-state index >= 15 is 0 Å². The van der Waals surface area contributed by atoms with Gasteiger partial charge in [0.15, 0.2) is 0 Å². The van der Waals surface area contributed by atoms with Gasteiger partial charge in [-0.25, -0.2) is 4.39 Å². The van der Waals surface area contributed by atoms with Crippen LogP contribution in [0.4, 0.5) is 4.39 Å². The molecule has 2 nitrogen and oxygen atoms in total. The minimum absolute atomic E-state index is 0.0822. The molecule has 1 aromatic rings. The second-order valence-electron chi connectivity index (χ2n) is 5.63. The van der Waals surface area contributed by atoms with Gasteiger partial charge in [-0.2, -0.15) is 0 Å². The van der Waals surface area contributed by atoms with Gasteiger partial charge in [0.2, 0.25) is 0 Å². The highest BCUT2D eigenvalue weighted by molar-refractivity contribution is 6.30. The highest BCUT2D eigenvalue weighted by Crippen LogP contribution is 2.32. The number of hydrogen-bond acceptors (Lipinski definition) is 2. The Bertz CT molecular complexity index is 438. The quantitative estimate of drug-likeness (QED) is 0.919. The van der Waals surface area contributed by atoms with Crippen molar-refractivity contribution in [3.05, 3.63) is 34.6 Å². The molecule has 0 spiro atoms. The fourth-order valence-corrected chi connectivity index (χ4v) is 3.28. The average molecular weight is 285 g/mol. The van der Waals surface area contributed by atoms with Gasteiger partial charge >= 0.3 is 0 Å². The lowest BCUT2D eigenvalue weighted by molar-refractivity contribution is 0.0831. The first-order valence-electron chi connectivity index (χ1n) is 6.93. The fraction of sp³-hybridized carbons (Fsp3) is 0.600. The molecule has 3 atom stereocenters. The molecule has 0 radical (unpaired) electrons. The maximum Gasteiger partial charge on any atom is 0.128 e.